The number of hydrogen-bond donors (Lipinski definition) is 3. The molecule has 1 aromatic heterocycles. The molecule has 19 heteroatoms. The summed E-state index contributed by atoms with van der Waals surface area (Å²) >= 11 is 7.33. The number of benzene rings is 3. The number of likely N-dealkylation sites (tertiary alicyclic amines) is 1. The van der Waals surface area contributed by atoms with E-state index in [1.165, 1.54) is 11.0 Å². The first-order chi connectivity index (χ1) is 34.2. The van der Waals surface area contributed by atoms with Crippen molar-refractivity contribution < 1.29 is 46.9 Å². The van der Waals surface area contributed by atoms with Gasteiger partial charge in [0.2, 0.25) is 17.7 Å². The molecule has 5 fully saturated rings. The van der Waals surface area contributed by atoms with E-state index in [4.69, 9.17) is 21.7 Å². The summed E-state index contributed by atoms with van der Waals surface area (Å²) in [6.45, 7) is 8.44. The fourth-order valence-electron chi connectivity index (χ4n) is 11.3. The van der Waals surface area contributed by atoms with Crippen LogP contribution in [0.5, 0.6) is 5.75 Å². The lowest BCUT2D eigenvalue weighted by Gasteiger charge is -2.57. The van der Waals surface area contributed by atoms with E-state index in [0.29, 0.717) is 49.3 Å². The molecule has 3 aromatic carbocycles. The van der Waals surface area contributed by atoms with Crippen molar-refractivity contribution in [1.82, 2.24) is 20.5 Å². The molecule has 2 saturated heterocycles. The van der Waals surface area contributed by atoms with Gasteiger partial charge < -0.3 is 35.0 Å². The van der Waals surface area contributed by atoms with Crippen molar-refractivity contribution in [2.24, 2.45) is 22.7 Å². The maximum atomic E-state index is 14.1. The third-order valence-corrected chi connectivity index (χ3v) is 16.4. The summed E-state index contributed by atoms with van der Waals surface area (Å²) in [6, 6.07) is 18.0. The van der Waals surface area contributed by atoms with Crippen molar-refractivity contribution in [3.05, 3.63) is 94.6 Å². The van der Waals surface area contributed by atoms with Crippen LogP contribution in [-0.2, 0) is 36.6 Å². The van der Waals surface area contributed by atoms with E-state index in [1.54, 1.807) is 27.8 Å². The van der Waals surface area contributed by atoms with Gasteiger partial charge in [0.15, 0.2) is 5.11 Å². The van der Waals surface area contributed by atoms with Crippen LogP contribution in [0.2, 0.25) is 0 Å². The van der Waals surface area contributed by atoms with Gasteiger partial charge in [-0.15, -0.1) is 11.3 Å². The number of aliphatic hydroxyl groups excluding tert-OH is 1. The number of β-amino-alcohol motifs (C(OH)–C–C–N with tert-alkyl or cyclic N) is 1. The molecule has 3 atom stereocenters. The predicted molar refractivity (Wildman–Crippen MR) is 268 cm³/mol. The van der Waals surface area contributed by atoms with Crippen LogP contribution in [0.15, 0.2) is 72.2 Å². The quantitative estimate of drug-likeness (QED) is 0.0982. The van der Waals surface area contributed by atoms with E-state index in [0.717, 1.165) is 70.8 Å². The largest absolute Gasteiger partial charge is 0.493 e. The van der Waals surface area contributed by atoms with Gasteiger partial charge >= 0.3 is 6.18 Å². The maximum Gasteiger partial charge on any atom is 0.417 e. The van der Waals surface area contributed by atoms with Gasteiger partial charge in [-0.2, -0.15) is 18.4 Å². The summed E-state index contributed by atoms with van der Waals surface area (Å²) in [5, 5.41) is 25.8. The summed E-state index contributed by atoms with van der Waals surface area (Å²) in [4.78, 5) is 64.4. The number of carbonyl (C=O) groups is 4. The summed E-state index contributed by atoms with van der Waals surface area (Å²) in [5.74, 6) is -0.315. The topological polar surface area (TPSA) is 177 Å². The van der Waals surface area contributed by atoms with Gasteiger partial charge in [0.1, 0.15) is 30.0 Å². The van der Waals surface area contributed by atoms with Crippen LogP contribution >= 0.6 is 23.6 Å². The number of alkyl halides is 3. The monoisotopic (exact) mass is 1030 g/mol. The zero-order valence-electron chi connectivity index (χ0n) is 40.6. The normalized spacial score (nSPS) is 23.8. The fraction of sp³-hybridized carbons (Fsp3) is 0.491. The second-order valence-corrected chi connectivity index (χ2v) is 22.5. The molecule has 2 aliphatic heterocycles. The van der Waals surface area contributed by atoms with Crippen LogP contribution < -0.4 is 25.2 Å². The lowest BCUT2D eigenvalue weighted by Crippen LogP contribution is -2.58. The van der Waals surface area contributed by atoms with Gasteiger partial charge in [0.05, 0.1) is 58.3 Å². The molecule has 9 rings (SSSR count). The Morgan fingerprint density at radius 3 is 2.25 bits per heavy atom. The van der Waals surface area contributed by atoms with Crippen molar-refractivity contribution in [2.45, 2.75) is 116 Å². The predicted octanol–water partition coefficient (Wildman–Crippen LogP) is 8.08. The van der Waals surface area contributed by atoms with E-state index in [9.17, 15) is 42.7 Å². The molecule has 4 aromatic rings. The van der Waals surface area contributed by atoms with E-state index in [-0.39, 0.29) is 54.1 Å². The lowest BCUT2D eigenvalue weighted by atomic mass is 9.48. The average Bonchev–Trinajstić information content (AvgIpc) is 3.98. The lowest BCUT2D eigenvalue weighted by molar-refractivity contribution is -0.145. The van der Waals surface area contributed by atoms with Crippen molar-refractivity contribution in [2.75, 3.05) is 36.2 Å². The second-order valence-electron chi connectivity index (χ2n) is 21.3. The highest BCUT2D eigenvalue weighted by Gasteiger charge is 2.60. The Labute approximate surface area is 425 Å². The van der Waals surface area contributed by atoms with Crippen molar-refractivity contribution in [1.29, 1.82) is 5.26 Å². The van der Waals surface area contributed by atoms with Gasteiger partial charge in [-0.05, 0) is 140 Å². The smallest absolute Gasteiger partial charge is 0.417 e. The molecular weight excluding hydrogens is 968 g/mol. The number of aromatic nitrogens is 1. The minimum absolute atomic E-state index is 0.0201. The van der Waals surface area contributed by atoms with Crippen molar-refractivity contribution >= 4 is 63.7 Å². The zero-order chi connectivity index (χ0) is 51.3. The SMILES string of the molecule is Cc1ncsc1-c1ccc(CNC(=O)[C@@H]2C[C@@H](O)CN2C(=O)[C@@H](NC(=O)COCC2CC3(C2)CC(COc2ccc(N4C(=S)N(c5ccc(C#N)c(C(F)(F)F)c5)C(=O)C45CCC5)cc2)C3)C(C)(C)C)cc1. The number of nitrogens with zero attached hydrogens (tertiary/aromatic N) is 5. The van der Waals surface area contributed by atoms with Gasteiger partial charge in [-0.25, -0.2) is 4.98 Å². The third-order valence-electron chi connectivity index (χ3n) is 15.0. The Morgan fingerprint density at radius 2 is 1.65 bits per heavy atom. The number of thiocarbonyl (C=S) groups is 1. The number of nitrogens with one attached hydrogen (secondary N) is 2. The number of aliphatic hydroxyl groups is 1. The first-order valence-electron chi connectivity index (χ1n) is 24.3. The molecule has 5 aliphatic rings. The van der Waals surface area contributed by atoms with E-state index >= 15 is 0 Å². The Balaban J connectivity index is 0.704. The Kier molecular flexibility index (Phi) is 14.0. The fourth-order valence-corrected chi connectivity index (χ4v) is 12.6. The van der Waals surface area contributed by atoms with Crippen LogP contribution in [0.1, 0.15) is 94.5 Å². The molecule has 3 saturated carbocycles. The number of nitriles is 1. The van der Waals surface area contributed by atoms with E-state index in [1.807, 2.05) is 76.2 Å². The minimum Gasteiger partial charge on any atom is -0.493 e. The number of aryl methyl sites for hydroxylation is 1. The Hall–Kier alpha value is -5.94. The van der Waals surface area contributed by atoms with Crippen LogP contribution in [0.3, 0.4) is 0 Å². The highest BCUT2D eigenvalue weighted by atomic mass is 32.1. The first kappa shape index (κ1) is 51.0. The number of hydrogen-bond acceptors (Lipinski definition) is 11. The minimum atomic E-state index is -4.79. The Bertz CT molecular complexity index is 2770. The van der Waals surface area contributed by atoms with Crippen LogP contribution in [-0.4, -0.2) is 93.8 Å². The number of ether oxygens (including phenoxy) is 2. The molecule has 0 bridgehead atoms. The molecule has 0 radical (unpaired) electrons. The summed E-state index contributed by atoms with van der Waals surface area (Å²) in [6.07, 6.45) is 0.170. The number of amides is 4. The van der Waals surface area contributed by atoms with Crippen molar-refractivity contribution in [3.63, 3.8) is 0 Å². The van der Waals surface area contributed by atoms with Crippen LogP contribution in [0.25, 0.3) is 10.4 Å². The molecule has 14 nitrogen and oxygen atoms in total. The summed E-state index contributed by atoms with van der Waals surface area (Å²) < 4.78 is 53.6. The summed E-state index contributed by atoms with van der Waals surface area (Å²) in [7, 11) is 0. The molecule has 3 heterocycles. The van der Waals surface area contributed by atoms with Gasteiger partial charge in [0, 0.05) is 25.2 Å². The Morgan fingerprint density at radius 1 is 0.986 bits per heavy atom. The zero-order valence-corrected chi connectivity index (χ0v) is 42.2. The average molecular weight is 1030 g/mol. The number of carbonyl (C=O) groups excluding carboxylic acids is 4. The standard InChI is InChI=1S/C53H58F3N7O7S2/c1-31-44(72-30-59-31)35-8-6-32(7-9-35)25-58-46(66)42-19-39(64)26-61(42)47(67)45(50(2,3)4)60-43(65)29-69-27-33-20-51(21-33)22-34(23-51)28-70-40-14-12-37(13-15-40)63-49(71)62(48(68)52(63)16-5-17-52)38-11-10-36(24-57)41(18-38)53(54,55)56/h6-15,18,30,33-34,39,42,45,64H,5,16-17,19-23,25-29H2,1-4H3,(H,58,66)(H,60,65)/t33?,34?,39-,42+,45-,51?/m1/s1. The molecule has 4 amide bonds. The van der Waals surface area contributed by atoms with Gasteiger partial charge in [-0.3, -0.25) is 24.1 Å². The molecular formula is C53H58F3N7O7S2. The highest BCUT2D eigenvalue weighted by molar-refractivity contribution is 7.81. The molecule has 3 N–H and O–H groups in total. The van der Waals surface area contributed by atoms with E-state index in [2.05, 4.69) is 15.6 Å². The second kappa shape index (κ2) is 19.8. The molecule has 0 unspecified atom stereocenters. The number of thiazole rings is 1. The molecule has 380 valence electrons. The van der Waals surface area contributed by atoms with Crippen molar-refractivity contribution in [3.8, 4) is 22.3 Å². The van der Waals surface area contributed by atoms with Crippen LogP contribution in [0.4, 0.5) is 24.5 Å². The molecule has 2 spiro atoms. The van der Waals surface area contributed by atoms with Gasteiger partial charge in [-0.1, -0.05) is 45.0 Å². The highest BCUT2D eigenvalue weighted by Crippen LogP contribution is 2.61. The first-order valence-corrected chi connectivity index (χ1v) is 25.6. The number of halogens is 3. The third kappa shape index (κ3) is 10.1. The summed E-state index contributed by atoms with van der Waals surface area (Å²) in [5.41, 5.74) is 2.16. The van der Waals surface area contributed by atoms with Crippen LogP contribution in [0, 0.1) is 40.9 Å². The van der Waals surface area contributed by atoms with E-state index < -0.39 is 58.3 Å². The maximum absolute atomic E-state index is 14.1. The van der Waals surface area contributed by atoms with Gasteiger partial charge in [0.25, 0.3) is 5.91 Å². The molecule has 3 aliphatic carbocycles. The number of rotatable bonds is 15. The molecule has 72 heavy (non-hydrogen) atoms. The number of anilines is 2.